The van der Waals surface area contributed by atoms with Gasteiger partial charge in [-0.2, -0.15) is 0 Å². The lowest BCUT2D eigenvalue weighted by atomic mass is 9.52. The lowest BCUT2D eigenvalue weighted by Crippen LogP contribution is -2.74. The van der Waals surface area contributed by atoms with Crippen LogP contribution in [0.15, 0.2) is 12.2 Å². The standard InChI is InChI=1S/C20H32O5/c1-18(22,14-5-3-4-6-14)9-7-15-16-13-20(24-11-12-25-20)19(16,23-2)10-8-17(15)21/h7,9,14-17,21-22H,3-6,8,10-13H2,1-2H3/b9-7+/t15-,16-,17-,18+,19-/m0/s1. The quantitative estimate of drug-likeness (QED) is 0.761. The van der Waals surface area contributed by atoms with Crippen LogP contribution in [0.5, 0.6) is 0 Å². The highest BCUT2D eigenvalue weighted by Crippen LogP contribution is 2.62. The molecule has 3 saturated carbocycles. The van der Waals surface area contributed by atoms with Gasteiger partial charge in [0, 0.05) is 25.4 Å². The maximum atomic E-state index is 10.9. The average Bonchev–Trinajstić information content (AvgIpc) is 3.27. The van der Waals surface area contributed by atoms with E-state index in [-0.39, 0.29) is 11.8 Å². The van der Waals surface area contributed by atoms with Gasteiger partial charge in [0.1, 0.15) is 5.60 Å². The summed E-state index contributed by atoms with van der Waals surface area (Å²) in [4.78, 5) is 0. The summed E-state index contributed by atoms with van der Waals surface area (Å²) in [7, 11) is 1.73. The first kappa shape index (κ1) is 17.9. The average molecular weight is 352 g/mol. The minimum atomic E-state index is -0.800. The summed E-state index contributed by atoms with van der Waals surface area (Å²) in [6, 6.07) is 0. The number of fused-ring (bicyclic) bond motifs is 2. The molecule has 0 aromatic rings. The lowest BCUT2D eigenvalue weighted by Gasteiger charge is -2.64. The van der Waals surface area contributed by atoms with Crippen LogP contribution in [0.25, 0.3) is 0 Å². The second kappa shape index (κ2) is 6.31. The first-order chi connectivity index (χ1) is 11.9. The van der Waals surface area contributed by atoms with E-state index in [1.54, 1.807) is 7.11 Å². The number of hydrogen-bond acceptors (Lipinski definition) is 5. The van der Waals surface area contributed by atoms with E-state index in [0.29, 0.717) is 25.6 Å². The summed E-state index contributed by atoms with van der Waals surface area (Å²) in [6.07, 6.45) is 10.3. The molecule has 1 saturated heterocycles. The number of hydrogen-bond donors (Lipinski definition) is 2. The van der Waals surface area contributed by atoms with Crippen LogP contribution in [0.1, 0.15) is 51.9 Å². The zero-order valence-electron chi connectivity index (χ0n) is 15.4. The molecule has 5 nitrogen and oxygen atoms in total. The molecule has 3 aliphatic carbocycles. The highest BCUT2D eigenvalue weighted by atomic mass is 16.8. The Morgan fingerprint density at radius 3 is 2.48 bits per heavy atom. The number of rotatable bonds is 4. The molecule has 2 N–H and O–H groups in total. The normalized spacial score (nSPS) is 43.3. The first-order valence-electron chi connectivity index (χ1n) is 9.87. The van der Waals surface area contributed by atoms with Crippen LogP contribution in [0, 0.1) is 17.8 Å². The zero-order valence-corrected chi connectivity index (χ0v) is 15.4. The molecule has 1 heterocycles. The van der Waals surface area contributed by atoms with Crippen LogP contribution in [0.3, 0.4) is 0 Å². The second-order valence-electron chi connectivity index (χ2n) is 8.60. The van der Waals surface area contributed by atoms with Gasteiger partial charge in [0.05, 0.1) is 24.9 Å². The van der Waals surface area contributed by atoms with Gasteiger partial charge in [-0.15, -0.1) is 0 Å². The molecule has 5 heteroatoms. The monoisotopic (exact) mass is 352 g/mol. The Bertz CT molecular complexity index is 518. The maximum Gasteiger partial charge on any atom is 0.198 e. The predicted molar refractivity (Wildman–Crippen MR) is 92.9 cm³/mol. The van der Waals surface area contributed by atoms with Crippen molar-refractivity contribution >= 4 is 0 Å². The van der Waals surface area contributed by atoms with Crippen LogP contribution < -0.4 is 0 Å². The SMILES string of the molecule is CO[C@@]12CC[C@H](O)[C@@H](/C=C/[C@@](C)(O)C3CCCC3)[C@@H]1CC21OCCO1. The van der Waals surface area contributed by atoms with Crippen molar-refractivity contribution in [2.24, 2.45) is 17.8 Å². The first-order valence-corrected chi connectivity index (χ1v) is 9.87. The molecule has 4 fully saturated rings. The Balaban J connectivity index is 1.54. The topological polar surface area (TPSA) is 68.2 Å². The largest absolute Gasteiger partial charge is 0.393 e. The molecule has 0 aromatic carbocycles. The fourth-order valence-corrected chi connectivity index (χ4v) is 5.86. The van der Waals surface area contributed by atoms with Crippen molar-refractivity contribution < 1.29 is 24.4 Å². The van der Waals surface area contributed by atoms with Crippen molar-refractivity contribution in [2.75, 3.05) is 20.3 Å². The Morgan fingerprint density at radius 1 is 1.16 bits per heavy atom. The zero-order chi connectivity index (χ0) is 17.7. The molecule has 0 radical (unpaired) electrons. The van der Waals surface area contributed by atoms with E-state index in [4.69, 9.17) is 14.2 Å². The van der Waals surface area contributed by atoms with Gasteiger partial charge in [0.15, 0.2) is 5.79 Å². The van der Waals surface area contributed by atoms with E-state index >= 15 is 0 Å². The van der Waals surface area contributed by atoms with Crippen molar-refractivity contribution in [1.29, 1.82) is 0 Å². The van der Waals surface area contributed by atoms with Gasteiger partial charge in [-0.1, -0.05) is 25.0 Å². The van der Waals surface area contributed by atoms with E-state index in [1.807, 2.05) is 19.1 Å². The molecule has 1 aliphatic heterocycles. The molecule has 5 atom stereocenters. The number of ether oxygens (including phenoxy) is 3. The molecule has 142 valence electrons. The predicted octanol–water partition coefficient (Wildman–Crippen LogP) is 2.40. The van der Waals surface area contributed by atoms with Crippen LogP contribution in [0.4, 0.5) is 0 Å². The van der Waals surface area contributed by atoms with Gasteiger partial charge in [0.25, 0.3) is 0 Å². The smallest absolute Gasteiger partial charge is 0.198 e. The fourth-order valence-electron chi connectivity index (χ4n) is 5.86. The van der Waals surface area contributed by atoms with E-state index < -0.39 is 23.1 Å². The molecular weight excluding hydrogens is 320 g/mol. The Hall–Kier alpha value is -0.460. The lowest BCUT2D eigenvalue weighted by molar-refractivity contribution is -0.382. The van der Waals surface area contributed by atoms with Crippen LogP contribution in [-0.2, 0) is 14.2 Å². The van der Waals surface area contributed by atoms with Crippen molar-refractivity contribution in [3.8, 4) is 0 Å². The summed E-state index contributed by atoms with van der Waals surface area (Å²) < 4.78 is 17.9. The van der Waals surface area contributed by atoms with Crippen molar-refractivity contribution in [1.82, 2.24) is 0 Å². The number of methoxy groups -OCH3 is 1. The molecule has 0 aromatic heterocycles. The highest BCUT2D eigenvalue weighted by molar-refractivity contribution is 5.21. The molecule has 4 aliphatic rings. The van der Waals surface area contributed by atoms with Gasteiger partial charge in [0.2, 0.25) is 0 Å². The maximum absolute atomic E-state index is 10.9. The van der Waals surface area contributed by atoms with Crippen LogP contribution in [-0.4, -0.2) is 53.6 Å². The van der Waals surface area contributed by atoms with E-state index in [0.717, 1.165) is 25.7 Å². The molecule has 4 rings (SSSR count). The second-order valence-corrected chi connectivity index (χ2v) is 8.60. The Kier molecular flexibility index (Phi) is 4.52. The molecule has 1 spiro atoms. The third-order valence-corrected chi connectivity index (χ3v) is 7.41. The number of aliphatic hydroxyl groups is 2. The molecular formula is C20H32O5. The van der Waals surface area contributed by atoms with E-state index in [9.17, 15) is 10.2 Å². The van der Waals surface area contributed by atoms with Crippen molar-refractivity contribution in [3.05, 3.63) is 12.2 Å². The summed E-state index contributed by atoms with van der Waals surface area (Å²) in [5.41, 5.74) is -1.28. The van der Waals surface area contributed by atoms with Gasteiger partial charge >= 0.3 is 0 Å². The van der Waals surface area contributed by atoms with E-state index in [1.165, 1.54) is 12.8 Å². The molecule has 0 amide bonds. The van der Waals surface area contributed by atoms with Crippen molar-refractivity contribution in [3.63, 3.8) is 0 Å². The van der Waals surface area contributed by atoms with Gasteiger partial charge in [-0.25, -0.2) is 0 Å². The summed E-state index contributed by atoms with van der Waals surface area (Å²) in [5.74, 6) is -0.173. The van der Waals surface area contributed by atoms with Gasteiger partial charge < -0.3 is 24.4 Å². The summed E-state index contributed by atoms with van der Waals surface area (Å²) in [5, 5.41) is 21.5. The Labute approximate surface area is 150 Å². The minimum absolute atomic E-state index is 0.0278. The van der Waals surface area contributed by atoms with Crippen LogP contribution >= 0.6 is 0 Å². The van der Waals surface area contributed by atoms with E-state index in [2.05, 4.69) is 0 Å². The third-order valence-electron chi connectivity index (χ3n) is 7.41. The van der Waals surface area contributed by atoms with Gasteiger partial charge in [-0.05, 0) is 38.5 Å². The summed E-state index contributed by atoms with van der Waals surface area (Å²) >= 11 is 0. The highest BCUT2D eigenvalue weighted by Gasteiger charge is 2.73. The van der Waals surface area contributed by atoms with Gasteiger partial charge in [-0.3, -0.25) is 0 Å². The molecule has 0 bridgehead atoms. The minimum Gasteiger partial charge on any atom is -0.393 e. The third kappa shape index (κ3) is 2.62. The molecule has 25 heavy (non-hydrogen) atoms. The number of aliphatic hydroxyl groups excluding tert-OH is 1. The van der Waals surface area contributed by atoms with Crippen LogP contribution in [0.2, 0.25) is 0 Å². The Morgan fingerprint density at radius 2 is 1.84 bits per heavy atom. The van der Waals surface area contributed by atoms with Crippen molar-refractivity contribution in [2.45, 2.75) is 75.0 Å². The molecule has 0 unspecified atom stereocenters. The summed E-state index contributed by atoms with van der Waals surface area (Å²) in [6.45, 7) is 3.12. The fraction of sp³-hybridized carbons (Fsp3) is 0.900.